The normalized spacial score (nSPS) is 17.3. The zero-order chi connectivity index (χ0) is 13.6. The van der Waals surface area contributed by atoms with E-state index in [1.54, 1.807) is 6.20 Å². The fourth-order valence-corrected chi connectivity index (χ4v) is 2.73. The number of aromatic nitrogens is 2. The number of ketones is 1. The van der Waals surface area contributed by atoms with Crippen LogP contribution >= 0.6 is 0 Å². The third-order valence-electron chi connectivity index (χ3n) is 3.73. The van der Waals surface area contributed by atoms with Crippen molar-refractivity contribution < 1.29 is 4.79 Å². The van der Waals surface area contributed by atoms with Crippen molar-refractivity contribution in [2.45, 2.75) is 33.6 Å². The van der Waals surface area contributed by atoms with Crippen LogP contribution in [0.2, 0.25) is 0 Å². The molecule has 0 amide bonds. The van der Waals surface area contributed by atoms with Gasteiger partial charge in [0.1, 0.15) is 0 Å². The second-order valence-electron chi connectivity index (χ2n) is 6.19. The van der Waals surface area contributed by atoms with Gasteiger partial charge in [-0.1, -0.05) is 31.5 Å². The lowest BCUT2D eigenvalue weighted by Crippen LogP contribution is -2.27. The summed E-state index contributed by atoms with van der Waals surface area (Å²) in [5, 5.41) is 4.41. The Kier molecular flexibility index (Phi) is 2.59. The third kappa shape index (κ3) is 2.09. The first-order valence-electron chi connectivity index (χ1n) is 6.63. The van der Waals surface area contributed by atoms with E-state index in [-0.39, 0.29) is 11.2 Å². The molecule has 3 nitrogen and oxygen atoms in total. The summed E-state index contributed by atoms with van der Waals surface area (Å²) >= 11 is 0. The number of carbonyl (C=O) groups is 1. The molecule has 0 fully saturated rings. The van der Waals surface area contributed by atoms with E-state index in [4.69, 9.17) is 0 Å². The van der Waals surface area contributed by atoms with Gasteiger partial charge >= 0.3 is 0 Å². The van der Waals surface area contributed by atoms with Gasteiger partial charge < -0.3 is 0 Å². The van der Waals surface area contributed by atoms with Gasteiger partial charge in [0.2, 0.25) is 0 Å². The molecule has 2 aromatic rings. The van der Waals surface area contributed by atoms with Crippen molar-refractivity contribution in [2.75, 3.05) is 0 Å². The van der Waals surface area contributed by atoms with Gasteiger partial charge in [0.25, 0.3) is 0 Å². The minimum Gasteiger partial charge on any atom is -0.294 e. The van der Waals surface area contributed by atoms with Crippen LogP contribution in [0.5, 0.6) is 0 Å². The van der Waals surface area contributed by atoms with Crippen LogP contribution in [-0.2, 0) is 6.42 Å². The molecule has 19 heavy (non-hydrogen) atoms. The van der Waals surface area contributed by atoms with Crippen LogP contribution in [0.4, 0.5) is 0 Å². The van der Waals surface area contributed by atoms with Gasteiger partial charge in [0, 0.05) is 6.42 Å². The fraction of sp³-hybridized carbons (Fsp3) is 0.375. The minimum atomic E-state index is 0.0204. The smallest absolute Gasteiger partial charge is 0.166 e. The standard InChI is InChI=1S/C16H18N2O/c1-11-4-6-12(7-5-11)18-14-8-16(2,3)9-15(19)13(14)10-17-18/h4-7,10H,8-9H2,1-3H3. The molecular formula is C16H18N2O. The Bertz CT molecular complexity index is 635. The number of hydrogen-bond donors (Lipinski definition) is 0. The van der Waals surface area contributed by atoms with Crippen LogP contribution in [0.3, 0.4) is 0 Å². The van der Waals surface area contributed by atoms with E-state index in [0.29, 0.717) is 6.42 Å². The molecule has 0 saturated heterocycles. The quantitative estimate of drug-likeness (QED) is 0.782. The largest absolute Gasteiger partial charge is 0.294 e. The molecule has 0 N–H and O–H groups in total. The van der Waals surface area contributed by atoms with E-state index < -0.39 is 0 Å². The summed E-state index contributed by atoms with van der Waals surface area (Å²) in [4.78, 5) is 12.1. The lowest BCUT2D eigenvalue weighted by Gasteiger charge is -2.28. The Labute approximate surface area is 113 Å². The maximum absolute atomic E-state index is 12.1. The topological polar surface area (TPSA) is 34.9 Å². The minimum absolute atomic E-state index is 0.0204. The molecule has 3 rings (SSSR count). The Morgan fingerprint density at radius 1 is 1.16 bits per heavy atom. The predicted octanol–water partition coefficient (Wildman–Crippen LogP) is 3.34. The van der Waals surface area contributed by atoms with Crippen molar-refractivity contribution in [3.8, 4) is 5.69 Å². The highest BCUT2D eigenvalue weighted by molar-refractivity contribution is 5.98. The molecule has 0 atom stereocenters. The van der Waals surface area contributed by atoms with Crippen LogP contribution < -0.4 is 0 Å². The van der Waals surface area contributed by atoms with Crippen molar-refractivity contribution >= 4 is 5.78 Å². The lowest BCUT2D eigenvalue weighted by molar-refractivity contribution is 0.0911. The zero-order valence-corrected chi connectivity index (χ0v) is 11.6. The molecule has 1 heterocycles. The molecule has 0 spiro atoms. The fourth-order valence-electron chi connectivity index (χ4n) is 2.73. The summed E-state index contributed by atoms with van der Waals surface area (Å²) in [7, 11) is 0. The molecule has 0 bridgehead atoms. The Balaban J connectivity index is 2.11. The van der Waals surface area contributed by atoms with Crippen molar-refractivity contribution in [1.82, 2.24) is 9.78 Å². The van der Waals surface area contributed by atoms with Crippen molar-refractivity contribution in [3.05, 3.63) is 47.3 Å². The molecule has 0 aliphatic heterocycles. The number of fused-ring (bicyclic) bond motifs is 1. The average molecular weight is 254 g/mol. The maximum atomic E-state index is 12.1. The van der Waals surface area contributed by atoms with Crippen molar-refractivity contribution in [2.24, 2.45) is 5.41 Å². The van der Waals surface area contributed by atoms with Gasteiger partial charge in [-0.15, -0.1) is 0 Å². The number of rotatable bonds is 1. The number of Topliss-reactive ketones (excluding diaryl/α,β-unsaturated/α-hetero) is 1. The van der Waals surface area contributed by atoms with Crippen LogP contribution in [0.1, 0.15) is 41.9 Å². The molecule has 1 aliphatic rings. The highest BCUT2D eigenvalue weighted by atomic mass is 16.1. The summed E-state index contributed by atoms with van der Waals surface area (Å²) in [6.07, 6.45) is 3.22. The number of nitrogens with zero attached hydrogens (tertiary/aromatic N) is 2. The molecule has 0 saturated carbocycles. The van der Waals surface area contributed by atoms with E-state index in [2.05, 4.69) is 50.1 Å². The molecule has 98 valence electrons. The second kappa shape index (κ2) is 4.05. The molecule has 1 aliphatic carbocycles. The first kappa shape index (κ1) is 12.2. The van der Waals surface area contributed by atoms with Crippen LogP contribution in [-0.4, -0.2) is 15.6 Å². The Morgan fingerprint density at radius 2 is 1.84 bits per heavy atom. The average Bonchev–Trinajstić information content (AvgIpc) is 2.72. The molecule has 0 unspecified atom stereocenters. The summed E-state index contributed by atoms with van der Waals surface area (Å²) in [6.45, 7) is 6.34. The summed E-state index contributed by atoms with van der Waals surface area (Å²) in [5.74, 6) is 0.213. The molecular weight excluding hydrogens is 236 g/mol. The van der Waals surface area contributed by atoms with E-state index in [9.17, 15) is 4.79 Å². The van der Waals surface area contributed by atoms with Crippen molar-refractivity contribution in [3.63, 3.8) is 0 Å². The third-order valence-corrected chi connectivity index (χ3v) is 3.73. The molecule has 3 heteroatoms. The van der Waals surface area contributed by atoms with E-state index in [0.717, 1.165) is 23.4 Å². The maximum Gasteiger partial charge on any atom is 0.166 e. The highest BCUT2D eigenvalue weighted by Crippen LogP contribution is 2.35. The molecule has 1 aromatic heterocycles. The van der Waals surface area contributed by atoms with Crippen LogP contribution in [0, 0.1) is 12.3 Å². The number of benzene rings is 1. The Morgan fingerprint density at radius 3 is 2.53 bits per heavy atom. The van der Waals surface area contributed by atoms with E-state index in [1.165, 1.54) is 5.56 Å². The molecule has 0 radical (unpaired) electrons. The predicted molar refractivity (Wildman–Crippen MR) is 74.7 cm³/mol. The number of aryl methyl sites for hydroxylation is 1. The second-order valence-corrected chi connectivity index (χ2v) is 6.19. The number of hydrogen-bond acceptors (Lipinski definition) is 2. The summed E-state index contributed by atoms with van der Waals surface area (Å²) < 4.78 is 1.91. The van der Waals surface area contributed by atoms with Gasteiger partial charge in [-0.3, -0.25) is 4.79 Å². The van der Waals surface area contributed by atoms with Gasteiger partial charge in [-0.05, 0) is 30.9 Å². The van der Waals surface area contributed by atoms with Gasteiger partial charge in [0.05, 0.1) is 23.1 Å². The highest BCUT2D eigenvalue weighted by Gasteiger charge is 2.33. The first-order chi connectivity index (χ1) is 8.96. The monoisotopic (exact) mass is 254 g/mol. The van der Waals surface area contributed by atoms with Gasteiger partial charge in [-0.2, -0.15) is 5.10 Å². The van der Waals surface area contributed by atoms with Gasteiger partial charge in [-0.25, -0.2) is 4.68 Å². The van der Waals surface area contributed by atoms with Crippen LogP contribution in [0.25, 0.3) is 5.69 Å². The van der Waals surface area contributed by atoms with Crippen LogP contribution in [0.15, 0.2) is 30.5 Å². The number of carbonyl (C=O) groups excluding carboxylic acids is 1. The summed E-state index contributed by atoms with van der Waals surface area (Å²) in [6, 6.07) is 8.24. The van der Waals surface area contributed by atoms with E-state index in [1.807, 2.05) is 4.68 Å². The lowest BCUT2D eigenvalue weighted by atomic mass is 9.76. The summed E-state index contributed by atoms with van der Waals surface area (Å²) in [5.41, 5.74) is 4.11. The SMILES string of the molecule is Cc1ccc(-n2ncc3c2CC(C)(C)CC3=O)cc1. The van der Waals surface area contributed by atoms with E-state index >= 15 is 0 Å². The van der Waals surface area contributed by atoms with Crippen molar-refractivity contribution in [1.29, 1.82) is 0 Å². The Hall–Kier alpha value is -1.90. The molecule has 1 aromatic carbocycles. The van der Waals surface area contributed by atoms with Gasteiger partial charge in [0.15, 0.2) is 5.78 Å². The zero-order valence-electron chi connectivity index (χ0n) is 11.6. The first-order valence-corrected chi connectivity index (χ1v) is 6.63.